The molecule has 0 aromatic heterocycles. The van der Waals surface area contributed by atoms with Crippen molar-refractivity contribution < 1.29 is 14.8 Å². The lowest BCUT2D eigenvalue weighted by atomic mass is 9.65. The fraction of sp³-hybridized carbons (Fsp3) is 0.917. The molecule has 5 heteroatoms. The maximum absolute atomic E-state index is 11.5. The molecule has 0 aromatic rings. The van der Waals surface area contributed by atoms with Crippen molar-refractivity contribution in [2.75, 3.05) is 0 Å². The van der Waals surface area contributed by atoms with Crippen LogP contribution in [0.4, 0.5) is 0 Å². The van der Waals surface area contributed by atoms with Gasteiger partial charge in [0, 0.05) is 24.2 Å². The third-order valence-electron chi connectivity index (χ3n) is 4.02. The highest BCUT2D eigenvalue weighted by Gasteiger charge is 2.54. The van der Waals surface area contributed by atoms with Crippen LogP contribution in [0.2, 0.25) is 0 Å². The van der Waals surface area contributed by atoms with Gasteiger partial charge in [-0.25, -0.2) is 0 Å². The molecule has 1 aliphatic rings. The van der Waals surface area contributed by atoms with E-state index in [1.54, 1.807) is 6.92 Å². The Morgan fingerprint density at radius 1 is 1.53 bits per heavy atom. The Bertz CT molecular complexity index is 326. The molecule has 0 unspecified atom stereocenters. The van der Waals surface area contributed by atoms with Crippen LogP contribution in [0.3, 0.4) is 0 Å². The van der Waals surface area contributed by atoms with Crippen LogP contribution < -0.4 is 0 Å². The monoisotopic (exact) mass is 243 g/mol. The van der Waals surface area contributed by atoms with Crippen LogP contribution in [0.5, 0.6) is 0 Å². The van der Waals surface area contributed by atoms with Crippen molar-refractivity contribution in [3.8, 4) is 0 Å². The number of aliphatic hydroxyl groups is 1. The van der Waals surface area contributed by atoms with Crippen molar-refractivity contribution in [3.05, 3.63) is 10.1 Å². The molecule has 98 valence electrons. The Kier molecular flexibility index (Phi) is 3.91. The summed E-state index contributed by atoms with van der Waals surface area (Å²) in [5, 5.41) is 21.4. The molecule has 3 atom stereocenters. The Morgan fingerprint density at radius 3 is 2.53 bits per heavy atom. The molecule has 0 spiro atoms. The fourth-order valence-electron chi connectivity index (χ4n) is 2.89. The molecule has 1 aliphatic carbocycles. The minimum Gasteiger partial charge on any atom is -0.389 e. The summed E-state index contributed by atoms with van der Waals surface area (Å²) in [6.45, 7) is 4.91. The minimum atomic E-state index is -1.10. The van der Waals surface area contributed by atoms with Gasteiger partial charge in [0.05, 0.1) is 11.5 Å². The molecule has 0 radical (unpaired) electrons. The molecular weight excluding hydrogens is 222 g/mol. The van der Waals surface area contributed by atoms with Crippen LogP contribution in [0.1, 0.15) is 52.9 Å². The van der Waals surface area contributed by atoms with Crippen molar-refractivity contribution in [2.24, 2.45) is 5.92 Å². The number of nitrogens with zero attached hydrogens (tertiary/aromatic N) is 1. The highest BCUT2D eigenvalue weighted by Crippen LogP contribution is 2.43. The normalized spacial score (nSPS) is 37.8. The van der Waals surface area contributed by atoms with Gasteiger partial charge in [-0.1, -0.05) is 6.92 Å². The first-order valence-corrected chi connectivity index (χ1v) is 6.12. The molecule has 1 rings (SSSR count). The van der Waals surface area contributed by atoms with E-state index < -0.39 is 17.1 Å². The second-order valence-corrected chi connectivity index (χ2v) is 5.46. The number of ketones is 1. The molecule has 1 saturated carbocycles. The van der Waals surface area contributed by atoms with Crippen LogP contribution in [0, 0.1) is 16.0 Å². The van der Waals surface area contributed by atoms with E-state index in [2.05, 4.69) is 0 Å². The number of hydrogen-bond donors (Lipinski definition) is 1. The first kappa shape index (κ1) is 14.1. The Balaban J connectivity index is 3.00. The second-order valence-electron chi connectivity index (χ2n) is 5.46. The molecule has 5 nitrogen and oxygen atoms in total. The Hall–Kier alpha value is -0.970. The summed E-state index contributed by atoms with van der Waals surface area (Å²) < 4.78 is 0. The summed E-state index contributed by atoms with van der Waals surface area (Å²) in [6.07, 6.45) is 2.02. The van der Waals surface area contributed by atoms with Gasteiger partial charge in [-0.15, -0.1) is 0 Å². The number of carbonyl (C=O) groups excluding carboxylic acids is 1. The zero-order valence-corrected chi connectivity index (χ0v) is 10.7. The molecular formula is C12H21NO4. The molecule has 0 aromatic carbocycles. The van der Waals surface area contributed by atoms with Gasteiger partial charge in [0.25, 0.3) is 0 Å². The SMILES string of the molecule is CCC[C@@]1([N+](=O)[O-])CC[C@](C)(O)[C@@H](C(C)=O)C1. The zero-order chi connectivity index (χ0) is 13.3. The van der Waals surface area contributed by atoms with Crippen molar-refractivity contribution in [1.29, 1.82) is 0 Å². The fourth-order valence-corrected chi connectivity index (χ4v) is 2.89. The largest absolute Gasteiger partial charge is 0.389 e. The van der Waals surface area contributed by atoms with Crippen molar-refractivity contribution in [1.82, 2.24) is 0 Å². The summed E-state index contributed by atoms with van der Waals surface area (Å²) in [5.41, 5.74) is -2.12. The number of nitro groups is 1. The topological polar surface area (TPSA) is 80.4 Å². The van der Waals surface area contributed by atoms with E-state index in [0.29, 0.717) is 25.7 Å². The van der Waals surface area contributed by atoms with E-state index in [9.17, 15) is 20.0 Å². The lowest BCUT2D eigenvalue weighted by molar-refractivity contribution is -0.579. The summed E-state index contributed by atoms with van der Waals surface area (Å²) in [7, 11) is 0. The number of carbonyl (C=O) groups is 1. The second kappa shape index (κ2) is 4.72. The van der Waals surface area contributed by atoms with Gasteiger partial charge in [-0.2, -0.15) is 0 Å². The molecule has 0 aliphatic heterocycles. The predicted octanol–water partition coefficient (Wildman–Crippen LogP) is 1.94. The van der Waals surface area contributed by atoms with E-state index in [1.807, 2.05) is 6.92 Å². The van der Waals surface area contributed by atoms with Gasteiger partial charge in [0.1, 0.15) is 5.78 Å². The first-order chi connectivity index (χ1) is 7.75. The average molecular weight is 243 g/mol. The van der Waals surface area contributed by atoms with E-state index in [4.69, 9.17) is 0 Å². The van der Waals surface area contributed by atoms with Crippen LogP contribution in [-0.2, 0) is 4.79 Å². The van der Waals surface area contributed by atoms with E-state index in [-0.39, 0.29) is 17.1 Å². The van der Waals surface area contributed by atoms with Gasteiger partial charge < -0.3 is 5.11 Å². The van der Waals surface area contributed by atoms with Crippen LogP contribution in [-0.4, -0.2) is 27.0 Å². The molecule has 0 saturated heterocycles. The first-order valence-electron chi connectivity index (χ1n) is 6.12. The lowest BCUT2D eigenvalue weighted by Crippen LogP contribution is -2.53. The molecule has 1 fully saturated rings. The van der Waals surface area contributed by atoms with Gasteiger partial charge in [-0.3, -0.25) is 14.9 Å². The lowest BCUT2D eigenvalue weighted by Gasteiger charge is -2.41. The molecule has 1 N–H and O–H groups in total. The van der Waals surface area contributed by atoms with Crippen LogP contribution in [0.25, 0.3) is 0 Å². The molecule has 17 heavy (non-hydrogen) atoms. The third kappa shape index (κ3) is 2.65. The van der Waals surface area contributed by atoms with Crippen LogP contribution in [0.15, 0.2) is 0 Å². The maximum Gasteiger partial charge on any atom is 0.223 e. The summed E-state index contributed by atoms with van der Waals surface area (Å²) >= 11 is 0. The predicted molar refractivity (Wildman–Crippen MR) is 63.3 cm³/mol. The maximum atomic E-state index is 11.5. The smallest absolute Gasteiger partial charge is 0.223 e. The summed E-state index contributed by atoms with van der Waals surface area (Å²) in [4.78, 5) is 22.6. The summed E-state index contributed by atoms with van der Waals surface area (Å²) in [5.74, 6) is -0.773. The van der Waals surface area contributed by atoms with Gasteiger partial charge in [0.2, 0.25) is 5.54 Å². The van der Waals surface area contributed by atoms with Gasteiger partial charge in [0.15, 0.2) is 0 Å². The minimum absolute atomic E-state index is 0.156. The molecule has 0 bridgehead atoms. The van der Waals surface area contributed by atoms with Crippen molar-refractivity contribution in [2.45, 2.75) is 64.0 Å². The number of hydrogen-bond acceptors (Lipinski definition) is 4. The summed E-state index contributed by atoms with van der Waals surface area (Å²) in [6, 6.07) is 0. The molecule has 0 heterocycles. The highest BCUT2D eigenvalue weighted by molar-refractivity contribution is 5.79. The number of rotatable bonds is 4. The zero-order valence-electron chi connectivity index (χ0n) is 10.7. The quantitative estimate of drug-likeness (QED) is 0.604. The van der Waals surface area contributed by atoms with E-state index in [0.717, 1.165) is 0 Å². The molecule has 0 amide bonds. The standard InChI is InChI=1S/C12H21NO4/c1-4-5-12(13(16)17)7-6-11(3,15)10(8-12)9(2)14/h10,15H,4-8H2,1-3H3/t10-,11+,12-/m1/s1. The van der Waals surface area contributed by atoms with Crippen LogP contribution >= 0.6 is 0 Å². The third-order valence-corrected chi connectivity index (χ3v) is 4.02. The Labute approximate surface area is 101 Å². The van der Waals surface area contributed by atoms with Crippen molar-refractivity contribution in [3.63, 3.8) is 0 Å². The van der Waals surface area contributed by atoms with Gasteiger partial charge in [-0.05, 0) is 26.7 Å². The van der Waals surface area contributed by atoms with E-state index >= 15 is 0 Å². The Morgan fingerprint density at radius 2 is 2.12 bits per heavy atom. The van der Waals surface area contributed by atoms with Crippen molar-refractivity contribution >= 4 is 5.78 Å². The van der Waals surface area contributed by atoms with E-state index in [1.165, 1.54) is 6.92 Å². The number of Topliss-reactive ketones (excluding diaryl/α,β-unsaturated/α-hetero) is 1. The van der Waals surface area contributed by atoms with Gasteiger partial charge >= 0.3 is 0 Å². The highest BCUT2D eigenvalue weighted by atomic mass is 16.6. The average Bonchev–Trinajstić information content (AvgIpc) is 2.20.